The fraction of sp³-hybridized carbons (Fsp3) is 1.00. The molecule has 62 heavy (non-hydrogen) atoms. The van der Waals surface area contributed by atoms with Crippen molar-refractivity contribution in [1.82, 2.24) is 0 Å². The van der Waals surface area contributed by atoms with Crippen LogP contribution in [0.25, 0.3) is 0 Å². The summed E-state index contributed by atoms with van der Waals surface area (Å²) in [5.74, 6) is 13.0. The fourth-order valence-electron chi connectivity index (χ4n) is 16.6. The summed E-state index contributed by atoms with van der Waals surface area (Å²) in [4.78, 5) is 0. The lowest BCUT2D eigenvalue weighted by Crippen LogP contribution is -2.58. The van der Waals surface area contributed by atoms with Gasteiger partial charge in [-0.2, -0.15) is 0 Å². The normalized spacial score (nSPS) is 30.3. The predicted octanol–water partition coefficient (Wildman–Crippen LogP) is 21.0. The SMILES string of the molecule is CCCC(C)CC(C)CC(C)CC(C)CC(C)CC(C)(C)C(C)(CC1CCC(C(C)C)CC1)C(C)(CC1CCC(C(C)C)CC1)C(C)(CC(C)CC)CC1CCC(C(C)C)CC1. The van der Waals surface area contributed by atoms with Gasteiger partial charge in [-0.15, -0.1) is 0 Å². The largest absolute Gasteiger partial charge is 0.0654 e. The van der Waals surface area contributed by atoms with Crippen LogP contribution < -0.4 is 0 Å². The Hall–Kier alpha value is 0. The van der Waals surface area contributed by atoms with Crippen LogP contribution in [0, 0.1) is 110 Å². The van der Waals surface area contributed by atoms with E-state index in [1.807, 2.05) is 0 Å². The highest BCUT2D eigenvalue weighted by Crippen LogP contribution is 2.70. The van der Waals surface area contributed by atoms with Crippen molar-refractivity contribution >= 4 is 0 Å². The monoisotopic (exact) mass is 865 g/mol. The molecule has 0 saturated heterocycles. The van der Waals surface area contributed by atoms with E-state index in [2.05, 4.69) is 132 Å². The molecule has 0 N–H and O–H groups in total. The van der Waals surface area contributed by atoms with Crippen molar-refractivity contribution in [3.8, 4) is 0 Å². The minimum absolute atomic E-state index is 0.270. The summed E-state index contributed by atoms with van der Waals surface area (Å²) in [5, 5.41) is 0. The Kier molecular flexibility index (Phi) is 23.1. The molecular formula is C62H120. The lowest BCUT2D eigenvalue weighted by atomic mass is 9.38. The molecular weight excluding hydrogens is 745 g/mol. The molecule has 0 heteroatoms. The summed E-state index contributed by atoms with van der Waals surface area (Å²) in [6, 6.07) is 0. The molecule has 3 rings (SSSR count). The highest BCUT2D eigenvalue weighted by molar-refractivity contribution is 5.11. The number of hydrogen-bond acceptors (Lipinski definition) is 0. The first-order chi connectivity index (χ1) is 28.9. The zero-order valence-electron chi connectivity index (χ0n) is 46.6. The molecule has 0 spiro atoms. The molecule has 3 saturated carbocycles. The second kappa shape index (κ2) is 25.4. The van der Waals surface area contributed by atoms with Gasteiger partial charge in [-0.3, -0.25) is 0 Å². The van der Waals surface area contributed by atoms with E-state index in [-0.39, 0.29) is 16.2 Å². The molecule has 9 atom stereocenters. The standard InChI is InChI=1S/C62H120/c1-20-22-48(10)35-49(11)36-50(12)37-51(13)38-52(14)39-59(15,16)61(18,42-54-25-31-57(32-26-54)45(5)6)62(19,43-55-27-33-58(34-28-55)46(7)8)60(17,40-47(9)21-2)41-53-23-29-56(30-24-53)44(3)4/h44-58H,20-43H2,1-19H3. The van der Waals surface area contributed by atoms with E-state index in [1.165, 1.54) is 154 Å². The molecule has 0 aromatic carbocycles. The first kappa shape index (κ1) is 56.3. The zero-order valence-corrected chi connectivity index (χ0v) is 46.6. The summed E-state index contributed by atoms with van der Waals surface area (Å²) >= 11 is 0. The van der Waals surface area contributed by atoms with Crippen molar-refractivity contribution in [1.29, 1.82) is 0 Å². The fourth-order valence-corrected chi connectivity index (χ4v) is 16.6. The van der Waals surface area contributed by atoms with E-state index in [0.717, 1.165) is 88.8 Å². The first-order valence-corrected chi connectivity index (χ1v) is 28.9. The highest BCUT2D eigenvalue weighted by atomic mass is 14.7. The quantitative estimate of drug-likeness (QED) is 0.0772. The summed E-state index contributed by atoms with van der Waals surface area (Å²) in [6.07, 6.45) is 34.7. The first-order valence-electron chi connectivity index (χ1n) is 28.9. The van der Waals surface area contributed by atoms with Crippen LogP contribution in [0.2, 0.25) is 0 Å². The second-order valence-electron chi connectivity index (χ2n) is 28.0. The van der Waals surface area contributed by atoms with E-state index >= 15 is 0 Å². The molecule has 0 aromatic heterocycles. The number of hydrogen-bond donors (Lipinski definition) is 0. The molecule has 3 aliphatic carbocycles. The van der Waals surface area contributed by atoms with Gasteiger partial charge in [0.15, 0.2) is 0 Å². The van der Waals surface area contributed by atoms with Gasteiger partial charge in [-0.1, -0.05) is 189 Å². The number of rotatable bonds is 27. The van der Waals surface area contributed by atoms with Crippen LogP contribution in [0.4, 0.5) is 0 Å². The maximum atomic E-state index is 3.00. The van der Waals surface area contributed by atoms with Crippen LogP contribution in [0.15, 0.2) is 0 Å². The summed E-state index contributed by atoms with van der Waals surface area (Å²) in [6.45, 7) is 50.1. The minimum Gasteiger partial charge on any atom is -0.0654 e. The minimum atomic E-state index is 0.270. The average Bonchev–Trinajstić information content (AvgIpc) is 3.17. The maximum absolute atomic E-state index is 3.00. The van der Waals surface area contributed by atoms with E-state index in [1.54, 1.807) is 0 Å². The van der Waals surface area contributed by atoms with Crippen molar-refractivity contribution < 1.29 is 0 Å². The lowest BCUT2D eigenvalue weighted by Gasteiger charge is -2.66. The Morgan fingerprint density at radius 1 is 0.371 bits per heavy atom. The zero-order chi connectivity index (χ0) is 46.6. The van der Waals surface area contributed by atoms with E-state index < -0.39 is 0 Å². The van der Waals surface area contributed by atoms with Crippen LogP contribution in [0.5, 0.6) is 0 Å². The smallest absolute Gasteiger partial charge is 0.0210 e. The molecule has 9 unspecified atom stereocenters. The van der Waals surface area contributed by atoms with Crippen LogP contribution in [0.1, 0.15) is 286 Å². The molecule has 0 radical (unpaired) electrons. The van der Waals surface area contributed by atoms with Crippen LogP contribution >= 0.6 is 0 Å². The van der Waals surface area contributed by atoms with Gasteiger partial charge in [0.25, 0.3) is 0 Å². The Morgan fingerprint density at radius 3 is 1.06 bits per heavy atom. The maximum Gasteiger partial charge on any atom is -0.0210 e. The predicted molar refractivity (Wildman–Crippen MR) is 281 cm³/mol. The Morgan fingerprint density at radius 2 is 0.710 bits per heavy atom. The van der Waals surface area contributed by atoms with Gasteiger partial charge in [0, 0.05) is 0 Å². The van der Waals surface area contributed by atoms with E-state index in [9.17, 15) is 0 Å². The lowest BCUT2D eigenvalue weighted by molar-refractivity contribution is -0.173. The highest BCUT2D eigenvalue weighted by Gasteiger charge is 2.62. The van der Waals surface area contributed by atoms with Crippen molar-refractivity contribution in [3.05, 3.63) is 0 Å². The third-order valence-corrected chi connectivity index (χ3v) is 21.0. The topological polar surface area (TPSA) is 0 Å². The van der Waals surface area contributed by atoms with Gasteiger partial charge in [0.2, 0.25) is 0 Å². The van der Waals surface area contributed by atoms with Crippen LogP contribution in [-0.2, 0) is 0 Å². The van der Waals surface area contributed by atoms with Crippen molar-refractivity contribution in [2.24, 2.45) is 110 Å². The van der Waals surface area contributed by atoms with Crippen LogP contribution in [0.3, 0.4) is 0 Å². The average molecular weight is 866 g/mol. The second-order valence-corrected chi connectivity index (χ2v) is 28.0. The van der Waals surface area contributed by atoms with E-state index in [4.69, 9.17) is 0 Å². The summed E-state index contributed by atoms with van der Waals surface area (Å²) in [5.41, 5.74) is 1.17. The third kappa shape index (κ3) is 15.8. The molecule has 0 bridgehead atoms. The van der Waals surface area contributed by atoms with Gasteiger partial charge in [-0.05, 0) is 207 Å². The molecule has 0 amide bonds. The molecule has 368 valence electrons. The van der Waals surface area contributed by atoms with Gasteiger partial charge < -0.3 is 0 Å². The molecule has 0 heterocycles. The molecule has 3 fully saturated rings. The third-order valence-electron chi connectivity index (χ3n) is 21.0. The Labute approximate surface area is 394 Å². The van der Waals surface area contributed by atoms with Gasteiger partial charge in [0.1, 0.15) is 0 Å². The Balaban J connectivity index is 2.07. The van der Waals surface area contributed by atoms with Crippen molar-refractivity contribution in [2.75, 3.05) is 0 Å². The summed E-state index contributed by atoms with van der Waals surface area (Å²) in [7, 11) is 0. The summed E-state index contributed by atoms with van der Waals surface area (Å²) < 4.78 is 0. The molecule has 0 aliphatic heterocycles. The molecule has 0 aromatic rings. The van der Waals surface area contributed by atoms with Gasteiger partial charge in [0.05, 0.1) is 0 Å². The molecule has 3 aliphatic rings. The Bertz CT molecular complexity index is 1180. The van der Waals surface area contributed by atoms with Crippen molar-refractivity contribution in [3.63, 3.8) is 0 Å². The van der Waals surface area contributed by atoms with Gasteiger partial charge in [-0.25, -0.2) is 0 Å². The molecule has 0 nitrogen and oxygen atoms in total. The van der Waals surface area contributed by atoms with Crippen LogP contribution in [-0.4, -0.2) is 0 Å². The van der Waals surface area contributed by atoms with Gasteiger partial charge >= 0.3 is 0 Å². The van der Waals surface area contributed by atoms with Crippen molar-refractivity contribution in [2.45, 2.75) is 286 Å². The van der Waals surface area contributed by atoms with E-state index in [0.29, 0.717) is 5.41 Å².